The summed E-state index contributed by atoms with van der Waals surface area (Å²) >= 11 is 0.256. The first-order valence-corrected chi connectivity index (χ1v) is 11.6. The number of nitriles is 1. The maximum atomic E-state index is 13.0. The van der Waals surface area contributed by atoms with E-state index in [1.807, 2.05) is 60.7 Å². The van der Waals surface area contributed by atoms with Gasteiger partial charge in [0.05, 0.1) is 5.69 Å². The average molecular weight is 408 g/mol. The van der Waals surface area contributed by atoms with E-state index in [1.54, 1.807) is 11.8 Å². The molecule has 0 fully saturated rings. The molecule has 1 unspecified atom stereocenters. The highest BCUT2D eigenvalue weighted by Crippen LogP contribution is 2.30. The van der Waals surface area contributed by atoms with Gasteiger partial charge in [0.2, 0.25) is 0 Å². The van der Waals surface area contributed by atoms with Crippen LogP contribution >= 0.6 is 11.8 Å². The second-order valence-corrected chi connectivity index (χ2v) is 8.98. The molecule has 1 heterocycles. The fraction of sp³-hybridized carbons (Fsp3) is 0.227. The summed E-state index contributed by atoms with van der Waals surface area (Å²) < 4.78 is 13.0. The molecule has 0 spiro atoms. The zero-order valence-corrected chi connectivity index (χ0v) is 17.3. The molecule has 3 aromatic rings. The number of aromatic nitrogens is 2. The summed E-state index contributed by atoms with van der Waals surface area (Å²) in [7, 11) is 0. The molecule has 0 N–H and O–H groups in total. The van der Waals surface area contributed by atoms with Gasteiger partial charge in [-0.2, -0.15) is 10.2 Å². The van der Waals surface area contributed by atoms with E-state index in [9.17, 15) is 9.81 Å². The normalized spacial score (nSPS) is 11.8. The van der Waals surface area contributed by atoms with Crippen LogP contribution in [0.1, 0.15) is 25.3 Å². The van der Waals surface area contributed by atoms with Gasteiger partial charge in [-0.3, -0.25) is 0 Å². The monoisotopic (exact) mass is 407 g/mol. The molecule has 0 aliphatic carbocycles. The van der Waals surface area contributed by atoms with E-state index in [0.29, 0.717) is 27.2 Å². The van der Waals surface area contributed by atoms with Crippen LogP contribution in [0, 0.1) is 11.3 Å². The Balaban J connectivity index is 2.07. The molecule has 0 saturated heterocycles. The third-order valence-electron chi connectivity index (χ3n) is 4.12. The Labute approximate surface area is 173 Å². The Hall–Kier alpha value is -2.33. The number of thioether (sulfide) groups is 1. The highest BCUT2D eigenvalue weighted by Gasteiger charge is 2.25. The third kappa shape index (κ3) is 4.93. The van der Waals surface area contributed by atoms with Crippen LogP contribution < -0.4 is 0 Å². The summed E-state index contributed by atoms with van der Waals surface area (Å²) in [6, 6.07) is 21.3. The molecule has 2 aromatic carbocycles. The van der Waals surface area contributed by atoms with Crippen LogP contribution in [0.2, 0.25) is 0 Å². The van der Waals surface area contributed by atoms with Crippen molar-refractivity contribution in [3.63, 3.8) is 0 Å². The van der Waals surface area contributed by atoms with Crippen molar-refractivity contribution in [1.29, 1.82) is 5.26 Å². The molecule has 142 valence electrons. The third-order valence-corrected chi connectivity index (χ3v) is 6.94. The molecule has 4 nitrogen and oxygen atoms in total. The Kier molecular flexibility index (Phi) is 7.49. The number of hydrogen-bond donors (Lipinski definition) is 0. The van der Waals surface area contributed by atoms with Gasteiger partial charge in [-0.25, -0.2) is 4.98 Å². The van der Waals surface area contributed by atoms with Crippen molar-refractivity contribution in [2.24, 2.45) is 0 Å². The minimum absolute atomic E-state index is 0.292. The molecule has 0 aliphatic heterocycles. The molecule has 6 heteroatoms. The fourth-order valence-corrected chi connectivity index (χ4v) is 5.24. The molecule has 28 heavy (non-hydrogen) atoms. The highest BCUT2D eigenvalue weighted by atomic mass is 32.3. The molecular weight excluding hydrogens is 386 g/mol. The fourth-order valence-electron chi connectivity index (χ4n) is 2.66. The van der Waals surface area contributed by atoms with Crippen LogP contribution in [-0.4, -0.2) is 25.4 Å². The SMILES string of the molecule is CCCCSC[S+]([O-])c1nc(-c2ccccc2)nc(-c2ccccc2)c1C#N. The molecule has 3 rings (SSSR count). The average Bonchev–Trinajstić information content (AvgIpc) is 2.76. The van der Waals surface area contributed by atoms with E-state index in [-0.39, 0.29) is 0 Å². The van der Waals surface area contributed by atoms with Crippen LogP contribution in [0.25, 0.3) is 22.6 Å². The van der Waals surface area contributed by atoms with Gasteiger partial charge in [0, 0.05) is 22.3 Å². The lowest BCUT2D eigenvalue weighted by Gasteiger charge is -2.14. The van der Waals surface area contributed by atoms with Crippen molar-refractivity contribution in [3.05, 3.63) is 66.2 Å². The summed E-state index contributed by atoms with van der Waals surface area (Å²) in [4.78, 5) is 9.21. The summed E-state index contributed by atoms with van der Waals surface area (Å²) in [5.74, 6) is 1.44. The van der Waals surface area contributed by atoms with Gasteiger partial charge in [0.25, 0.3) is 5.03 Å². The van der Waals surface area contributed by atoms with Gasteiger partial charge >= 0.3 is 0 Å². The Morgan fingerprint density at radius 1 is 1.00 bits per heavy atom. The topological polar surface area (TPSA) is 72.6 Å². The van der Waals surface area contributed by atoms with Crippen molar-refractivity contribution in [1.82, 2.24) is 9.97 Å². The summed E-state index contributed by atoms with van der Waals surface area (Å²) in [5.41, 5.74) is 2.47. The van der Waals surface area contributed by atoms with E-state index >= 15 is 0 Å². The Morgan fingerprint density at radius 2 is 1.64 bits per heavy atom. The first-order chi connectivity index (χ1) is 13.7. The molecule has 0 bridgehead atoms. The van der Waals surface area contributed by atoms with Gasteiger partial charge in [-0.15, -0.1) is 11.8 Å². The number of benzene rings is 2. The highest BCUT2D eigenvalue weighted by molar-refractivity contribution is 8.12. The van der Waals surface area contributed by atoms with E-state index in [0.717, 1.165) is 29.7 Å². The van der Waals surface area contributed by atoms with E-state index in [1.165, 1.54) is 0 Å². The smallest absolute Gasteiger partial charge is 0.267 e. The van der Waals surface area contributed by atoms with Crippen molar-refractivity contribution in [3.8, 4) is 28.7 Å². The second-order valence-electron chi connectivity index (χ2n) is 6.15. The lowest BCUT2D eigenvalue weighted by molar-refractivity contribution is 0.595. The second kappa shape index (κ2) is 10.3. The molecule has 1 aromatic heterocycles. The van der Waals surface area contributed by atoms with Gasteiger partial charge in [-0.1, -0.05) is 74.0 Å². The molecular formula is C22H21N3OS2. The molecule has 0 radical (unpaired) electrons. The minimum atomic E-state index is -1.38. The van der Waals surface area contributed by atoms with Crippen molar-refractivity contribution < 1.29 is 4.55 Å². The summed E-state index contributed by atoms with van der Waals surface area (Å²) in [5, 5.41) is 10.6. The van der Waals surface area contributed by atoms with Crippen molar-refractivity contribution in [2.75, 3.05) is 10.8 Å². The maximum absolute atomic E-state index is 13.0. The largest absolute Gasteiger partial charge is 0.610 e. The number of rotatable bonds is 8. The van der Waals surface area contributed by atoms with Crippen LogP contribution in [-0.2, 0) is 11.2 Å². The Morgan fingerprint density at radius 3 is 2.25 bits per heavy atom. The first-order valence-electron chi connectivity index (χ1n) is 9.13. The number of unbranched alkanes of at least 4 members (excludes halogenated alkanes) is 1. The standard InChI is InChI=1S/C22H21N3OS2/c1-2-3-14-27-16-28(26)22-19(15-23)20(17-10-6-4-7-11-17)24-21(25-22)18-12-8-5-9-13-18/h4-13H,2-3,14,16H2,1H3. The first kappa shape index (κ1) is 20.4. The van der Waals surface area contributed by atoms with Gasteiger partial charge < -0.3 is 4.55 Å². The lowest BCUT2D eigenvalue weighted by atomic mass is 10.1. The minimum Gasteiger partial charge on any atom is -0.610 e. The maximum Gasteiger partial charge on any atom is 0.267 e. The molecule has 0 amide bonds. The molecule has 1 atom stereocenters. The van der Waals surface area contributed by atoms with E-state index < -0.39 is 11.2 Å². The zero-order chi connectivity index (χ0) is 19.8. The number of nitrogens with zero attached hydrogens (tertiary/aromatic N) is 3. The van der Waals surface area contributed by atoms with Crippen molar-refractivity contribution in [2.45, 2.75) is 24.8 Å². The van der Waals surface area contributed by atoms with Gasteiger partial charge in [0.1, 0.15) is 6.07 Å². The molecule has 0 aliphatic rings. The summed E-state index contributed by atoms with van der Waals surface area (Å²) in [6.45, 7) is 2.13. The predicted octanol–water partition coefficient (Wildman–Crippen LogP) is 5.28. The van der Waals surface area contributed by atoms with Gasteiger partial charge in [-0.05, 0) is 12.2 Å². The van der Waals surface area contributed by atoms with Crippen LogP contribution in [0.15, 0.2) is 65.7 Å². The Bertz CT molecular complexity index is 943. The summed E-state index contributed by atoms with van der Waals surface area (Å²) in [6.07, 6.45) is 2.19. The van der Waals surface area contributed by atoms with Crippen LogP contribution in [0.4, 0.5) is 0 Å². The predicted molar refractivity (Wildman–Crippen MR) is 116 cm³/mol. The number of hydrogen-bond acceptors (Lipinski definition) is 5. The lowest BCUT2D eigenvalue weighted by Crippen LogP contribution is -2.12. The van der Waals surface area contributed by atoms with Crippen LogP contribution in [0.5, 0.6) is 0 Å². The van der Waals surface area contributed by atoms with E-state index in [2.05, 4.69) is 23.0 Å². The molecule has 0 saturated carbocycles. The van der Waals surface area contributed by atoms with Crippen LogP contribution in [0.3, 0.4) is 0 Å². The quantitative estimate of drug-likeness (QED) is 0.288. The van der Waals surface area contributed by atoms with Crippen molar-refractivity contribution >= 4 is 22.9 Å². The zero-order valence-electron chi connectivity index (χ0n) is 15.7. The van der Waals surface area contributed by atoms with E-state index in [4.69, 9.17) is 0 Å². The van der Waals surface area contributed by atoms with Gasteiger partial charge in [0.15, 0.2) is 16.5 Å².